The lowest BCUT2D eigenvalue weighted by molar-refractivity contribution is 0.0947. The van der Waals surface area contributed by atoms with Crippen molar-refractivity contribution in [3.8, 4) is 5.75 Å². The van der Waals surface area contributed by atoms with E-state index in [1.54, 1.807) is 18.2 Å². The number of hydrogen-bond donors (Lipinski definition) is 1. The van der Waals surface area contributed by atoms with Crippen LogP contribution in [0.2, 0.25) is 0 Å². The maximum atomic E-state index is 12.3. The average molecular weight is 359 g/mol. The number of fused-ring (bicyclic) bond motifs is 1. The molecule has 2 heterocycles. The van der Waals surface area contributed by atoms with E-state index in [2.05, 4.69) is 15.5 Å². The number of hydrogen-bond acceptors (Lipinski definition) is 7. The largest absolute Gasteiger partial charge is 0.491 e. The van der Waals surface area contributed by atoms with Crippen molar-refractivity contribution in [1.29, 1.82) is 0 Å². The van der Waals surface area contributed by atoms with Gasteiger partial charge in [0.2, 0.25) is 0 Å². The molecule has 0 saturated heterocycles. The molecule has 0 bridgehead atoms. The van der Waals surface area contributed by atoms with Gasteiger partial charge in [0.05, 0.1) is 12.6 Å². The van der Waals surface area contributed by atoms with Crippen LogP contribution < -0.4 is 15.7 Å². The quantitative estimate of drug-likeness (QED) is 0.704. The summed E-state index contributed by atoms with van der Waals surface area (Å²) in [6, 6.07) is 6.68. The number of aromatic nitrogens is 2. The SMILES string of the molecule is Cc1nnc(CNC(=O)c2cc3ccc(OC(C)C)cc3oc2=O)s1. The van der Waals surface area contributed by atoms with E-state index in [0.717, 1.165) is 5.01 Å². The minimum Gasteiger partial charge on any atom is -0.491 e. The third-order valence-electron chi connectivity index (χ3n) is 3.29. The molecule has 0 fully saturated rings. The molecule has 0 atom stereocenters. The predicted molar refractivity (Wildman–Crippen MR) is 94.1 cm³/mol. The summed E-state index contributed by atoms with van der Waals surface area (Å²) in [4.78, 5) is 24.4. The van der Waals surface area contributed by atoms with Gasteiger partial charge in [0.1, 0.15) is 26.9 Å². The molecular weight excluding hydrogens is 342 g/mol. The van der Waals surface area contributed by atoms with Crippen LogP contribution in [0.5, 0.6) is 5.75 Å². The molecule has 0 unspecified atom stereocenters. The van der Waals surface area contributed by atoms with E-state index in [-0.39, 0.29) is 18.2 Å². The zero-order chi connectivity index (χ0) is 18.0. The highest BCUT2D eigenvalue weighted by molar-refractivity contribution is 7.11. The Labute approximate surface area is 147 Å². The highest BCUT2D eigenvalue weighted by atomic mass is 32.1. The molecule has 7 nitrogen and oxygen atoms in total. The molecule has 3 rings (SSSR count). The van der Waals surface area contributed by atoms with Crippen LogP contribution in [-0.2, 0) is 6.54 Å². The Morgan fingerprint density at radius 2 is 2.12 bits per heavy atom. The third-order valence-corrected chi connectivity index (χ3v) is 4.13. The summed E-state index contributed by atoms with van der Waals surface area (Å²) >= 11 is 1.39. The molecule has 0 saturated carbocycles. The van der Waals surface area contributed by atoms with E-state index < -0.39 is 11.5 Å². The molecule has 0 aliphatic rings. The molecule has 25 heavy (non-hydrogen) atoms. The van der Waals surface area contributed by atoms with Crippen molar-refractivity contribution in [2.24, 2.45) is 0 Å². The minimum absolute atomic E-state index is 0.0122. The molecule has 3 aromatic rings. The molecule has 130 valence electrons. The number of nitrogens with zero attached hydrogens (tertiary/aromatic N) is 2. The van der Waals surface area contributed by atoms with Gasteiger partial charge in [-0.2, -0.15) is 0 Å². The van der Waals surface area contributed by atoms with Crippen molar-refractivity contribution in [3.05, 3.63) is 50.3 Å². The number of aryl methyl sites for hydroxylation is 1. The monoisotopic (exact) mass is 359 g/mol. The molecule has 8 heteroatoms. The van der Waals surface area contributed by atoms with Crippen LogP contribution in [0.1, 0.15) is 34.2 Å². The smallest absolute Gasteiger partial charge is 0.349 e. The average Bonchev–Trinajstić information content (AvgIpc) is 2.97. The summed E-state index contributed by atoms with van der Waals surface area (Å²) in [5.41, 5.74) is -0.370. The number of rotatable bonds is 5. The molecular formula is C17H17N3O4S. The van der Waals surface area contributed by atoms with E-state index in [1.807, 2.05) is 20.8 Å². The fourth-order valence-electron chi connectivity index (χ4n) is 2.26. The van der Waals surface area contributed by atoms with Crippen molar-refractivity contribution in [2.45, 2.75) is 33.4 Å². The first-order valence-corrected chi connectivity index (χ1v) is 8.56. The van der Waals surface area contributed by atoms with E-state index >= 15 is 0 Å². The fourth-order valence-corrected chi connectivity index (χ4v) is 2.90. The lowest BCUT2D eigenvalue weighted by atomic mass is 10.1. The van der Waals surface area contributed by atoms with Crippen LogP contribution >= 0.6 is 11.3 Å². The summed E-state index contributed by atoms with van der Waals surface area (Å²) in [6.45, 7) is 5.86. The second-order valence-electron chi connectivity index (χ2n) is 5.71. The van der Waals surface area contributed by atoms with Crippen LogP contribution in [0.3, 0.4) is 0 Å². The summed E-state index contributed by atoms with van der Waals surface area (Å²) < 4.78 is 10.8. The maximum Gasteiger partial charge on any atom is 0.349 e. The predicted octanol–water partition coefficient (Wildman–Crippen LogP) is 2.67. The minimum atomic E-state index is -0.694. The van der Waals surface area contributed by atoms with Gasteiger partial charge in [-0.15, -0.1) is 10.2 Å². The fraction of sp³-hybridized carbons (Fsp3) is 0.294. The van der Waals surface area contributed by atoms with Crippen LogP contribution in [0, 0.1) is 6.92 Å². The van der Waals surface area contributed by atoms with E-state index in [4.69, 9.17) is 9.15 Å². The Morgan fingerprint density at radius 1 is 1.32 bits per heavy atom. The van der Waals surface area contributed by atoms with Crippen LogP contribution in [0.15, 0.2) is 33.5 Å². The molecule has 0 spiro atoms. The Morgan fingerprint density at radius 3 is 2.80 bits per heavy atom. The van der Waals surface area contributed by atoms with Gasteiger partial charge < -0.3 is 14.5 Å². The summed E-state index contributed by atoms with van der Waals surface area (Å²) in [5.74, 6) is 0.0977. The summed E-state index contributed by atoms with van der Waals surface area (Å²) in [7, 11) is 0. The van der Waals surface area contributed by atoms with Gasteiger partial charge >= 0.3 is 5.63 Å². The van der Waals surface area contributed by atoms with E-state index in [9.17, 15) is 9.59 Å². The van der Waals surface area contributed by atoms with Crippen molar-refractivity contribution < 1.29 is 13.9 Å². The van der Waals surface area contributed by atoms with Crippen LogP contribution in [0.25, 0.3) is 11.0 Å². The first-order valence-electron chi connectivity index (χ1n) is 7.74. The first kappa shape index (κ1) is 17.1. The van der Waals surface area contributed by atoms with Crippen molar-refractivity contribution in [2.75, 3.05) is 0 Å². The molecule has 0 aliphatic carbocycles. The van der Waals surface area contributed by atoms with E-state index in [1.165, 1.54) is 17.4 Å². The number of ether oxygens (including phenoxy) is 1. The second kappa shape index (κ2) is 7.02. The Bertz CT molecular complexity index is 977. The molecule has 1 amide bonds. The Balaban J connectivity index is 1.82. The molecule has 0 radical (unpaired) electrons. The van der Waals surface area contributed by atoms with Gasteiger partial charge in [-0.05, 0) is 39.0 Å². The second-order valence-corrected chi connectivity index (χ2v) is 6.98. The number of amides is 1. The number of carbonyl (C=O) groups excluding carboxylic acids is 1. The number of benzene rings is 1. The Kier molecular flexibility index (Phi) is 4.80. The maximum absolute atomic E-state index is 12.3. The zero-order valence-corrected chi connectivity index (χ0v) is 14.8. The zero-order valence-electron chi connectivity index (χ0n) is 14.0. The van der Waals surface area contributed by atoms with Gasteiger partial charge in [-0.1, -0.05) is 11.3 Å². The van der Waals surface area contributed by atoms with Crippen molar-refractivity contribution >= 4 is 28.2 Å². The highest BCUT2D eigenvalue weighted by Gasteiger charge is 2.15. The lowest BCUT2D eigenvalue weighted by Crippen LogP contribution is -2.27. The molecule has 1 N–H and O–H groups in total. The number of nitrogens with one attached hydrogen (secondary N) is 1. The van der Waals surface area contributed by atoms with Gasteiger partial charge in [0.15, 0.2) is 0 Å². The lowest BCUT2D eigenvalue weighted by Gasteiger charge is -2.10. The molecule has 1 aromatic carbocycles. The Hall–Kier alpha value is -2.74. The highest BCUT2D eigenvalue weighted by Crippen LogP contribution is 2.21. The standard InChI is InChI=1S/C17H17N3O4S/c1-9(2)23-12-5-4-11-6-13(17(22)24-14(11)7-12)16(21)18-8-15-20-19-10(3)25-15/h4-7,9H,8H2,1-3H3,(H,18,21). The van der Waals surface area contributed by atoms with Crippen LogP contribution in [0.4, 0.5) is 0 Å². The number of carbonyl (C=O) groups is 1. The van der Waals surface area contributed by atoms with Crippen molar-refractivity contribution in [3.63, 3.8) is 0 Å². The third kappa shape index (κ3) is 4.03. The molecule has 2 aromatic heterocycles. The summed E-state index contributed by atoms with van der Waals surface area (Å²) in [5, 5.41) is 12.6. The van der Waals surface area contributed by atoms with Gasteiger partial charge in [0.25, 0.3) is 5.91 Å². The first-order chi connectivity index (χ1) is 11.9. The normalized spacial score (nSPS) is 11.0. The molecule has 0 aliphatic heterocycles. The van der Waals surface area contributed by atoms with Crippen LogP contribution in [-0.4, -0.2) is 22.2 Å². The van der Waals surface area contributed by atoms with Gasteiger partial charge in [0, 0.05) is 11.5 Å². The van der Waals surface area contributed by atoms with E-state index in [0.29, 0.717) is 21.7 Å². The van der Waals surface area contributed by atoms with Gasteiger partial charge in [-0.25, -0.2) is 4.79 Å². The topological polar surface area (TPSA) is 94.3 Å². The van der Waals surface area contributed by atoms with Crippen molar-refractivity contribution in [1.82, 2.24) is 15.5 Å². The summed E-state index contributed by atoms with van der Waals surface area (Å²) in [6.07, 6.45) is 0.0122. The van der Waals surface area contributed by atoms with Gasteiger partial charge in [-0.3, -0.25) is 4.79 Å².